The second-order valence-corrected chi connectivity index (χ2v) is 7.83. The van der Waals surface area contributed by atoms with E-state index in [0.29, 0.717) is 5.92 Å². The first-order valence-corrected chi connectivity index (χ1v) is 7.10. The maximum atomic E-state index is 2.38. The van der Waals surface area contributed by atoms with E-state index in [1.165, 1.54) is 5.56 Å². The van der Waals surface area contributed by atoms with Crippen LogP contribution in [0.1, 0.15) is 61.0 Å². The fraction of sp³-hybridized carbons (Fsp3) is 0.667. The molecule has 0 radical (unpaired) electrons. The predicted octanol–water partition coefficient (Wildman–Crippen LogP) is 5.67. The van der Waals surface area contributed by atoms with Crippen molar-refractivity contribution in [3.8, 4) is 0 Å². The molecule has 0 aliphatic carbocycles. The van der Waals surface area contributed by atoms with Crippen LogP contribution < -0.4 is 0 Å². The number of rotatable bonds is 2. The van der Waals surface area contributed by atoms with E-state index in [0.717, 1.165) is 0 Å². The lowest BCUT2D eigenvalue weighted by Gasteiger charge is -2.57. The summed E-state index contributed by atoms with van der Waals surface area (Å²) in [5, 5.41) is 0. The van der Waals surface area contributed by atoms with Crippen molar-refractivity contribution in [2.24, 2.45) is 16.7 Å². The summed E-state index contributed by atoms with van der Waals surface area (Å²) in [6.45, 7) is 19.0. The molecule has 0 heterocycles. The monoisotopic (exact) mass is 246 g/mol. The zero-order valence-corrected chi connectivity index (χ0v) is 13.5. The van der Waals surface area contributed by atoms with Crippen molar-refractivity contribution in [2.45, 2.75) is 60.8 Å². The van der Waals surface area contributed by atoms with E-state index in [9.17, 15) is 0 Å². The van der Waals surface area contributed by atoms with Crippen LogP contribution in [0.3, 0.4) is 0 Å². The summed E-state index contributed by atoms with van der Waals surface area (Å²) in [6, 6.07) is 11.1. The number of hydrogen-bond donors (Lipinski definition) is 0. The van der Waals surface area contributed by atoms with E-state index in [2.05, 4.69) is 85.7 Å². The lowest BCUT2D eigenvalue weighted by atomic mass is 9.47. The Kier molecular flexibility index (Phi) is 4.00. The maximum absolute atomic E-state index is 2.38. The Bertz CT molecular complexity index is 357. The summed E-state index contributed by atoms with van der Waals surface area (Å²) in [4.78, 5) is 0. The molecule has 0 aliphatic heterocycles. The van der Waals surface area contributed by atoms with Gasteiger partial charge in [-0.1, -0.05) is 85.7 Å². The molecule has 0 nitrogen and oxygen atoms in total. The van der Waals surface area contributed by atoms with Crippen molar-refractivity contribution in [3.63, 3.8) is 0 Å². The summed E-state index contributed by atoms with van der Waals surface area (Å²) < 4.78 is 0. The van der Waals surface area contributed by atoms with Crippen molar-refractivity contribution in [1.29, 1.82) is 0 Å². The minimum Gasteiger partial charge on any atom is -0.0622 e. The van der Waals surface area contributed by atoms with Crippen molar-refractivity contribution in [1.82, 2.24) is 0 Å². The van der Waals surface area contributed by atoms with Gasteiger partial charge in [0.1, 0.15) is 0 Å². The molecule has 0 aromatic heterocycles. The Morgan fingerprint density at radius 2 is 1.11 bits per heavy atom. The minimum absolute atomic E-state index is 0.168. The fourth-order valence-electron chi connectivity index (χ4n) is 4.76. The molecule has 102 valence electrons. The molecule has 0 heteroatoms. The van der Waals surface area contributed by atoms with E-state index in [4.69, 9.17) is 0 Å². The Balaban J connectivity index is 3.62. The van der Waals surface area contributed by atoms with Crippen LogP contribution in [0, 0.1) is 16.7 Å². The molecular formula is C18H30. The summed E-state index contributed by atoms with van der Waals surface area (Å²) in [6.07, 6.45) is 0. The summed E-state index contributed by atoms with van der Waals surface area (Å²) >= 11 is 0. The fourth-order valence-corrected chi connectivity index (χ4v) is 4.76. The summed E-state index contributed by atoms with van der Waals surface area (Å²) in [5.74, 6) is 0.597. The average molecular weight is 246 g/mol. The lowest BCUT2D eigenvalue weighted by molar-refractivity contribution is 0.00723. The van der Waals surface area contributed by atoms with Gasteiger partial charge in [-0.3, -0.25) is 0 Å². The molecule has 0 atom stereocenters. The Morgan fingerprint density at radius 3 is 1.39 bits per heavy atom. The summed E-state index contributed by atoms with van der Waals surface area (Å²) in [7, 11) is 0. The molecule has 0 aliphatic rings. The summed E-state index contributed by atoms with van der Waals surface area (Å²) in [5.41, 5.74) is 2.09. The Labute approximate surface area is 114 Å². The molecule has 1 rings (SSSR count). The second-order valence-electron chi connectivity index (χ2n) is 7.83. The van der Waals surface area contributed by atoms with Gasteiger partial charge in [0, 0.05) is 5.41 Å². The van der Waals surface area contributed by atoms with Gasteiger partial charge in [-0.2, -0.15) is 0 Å². The molecule has 0 N–H and O–H groups in total. The highest BCUT2D eigenvalue weighted by atomic mass is 14.6. The van der Waals surface area contributed by atoms with Crippen LogP contribution in [0.4, 0.5) is 0 Å². The van der Waals surface area contributed by atoms with Crippen molar-refractivity contribution in [2.75, 3.05) is 0 Å². The zero-order valence-electron chi connectivity index (χ0n) is 13.5. The topological polar surface area (TPSA) is 0 Å². The molecular weight excluding hydrogens is 216 g/mol. The SMILES string of the molecule is CC(C)C(c1ccccc1)(C(C)(C)C)C(C)(C)C. The van der Waals surface area contributed by atoms with Crippen LogP contribution in [0.25, 0.3) is 0 Å². The van der Waals surface area contributed by atoms with Crippen molar-refractivity contribution in [3.05, 3.63) is 35.9 Å². The van der Waals surface area contributed by atoms with Gasteiger partial charge in [0.15, 0.2) is 0 Å². The van der Waals surface area contributed by atoms with Crippen LogP contribution in [0.5, 0.6) is 0 Å². The lowest BCUT2D eigenvalue weighted by Crippen LogP contribution is -2.54. The third-order valence-corrected chi connectivity index (χ3v) is 4.46. The predicted molar refractivity (Wildman–Crippen MR) is 81.9 cm³/mol. The molecule has 0 bridgehead atoms. The van der Waals surface area contributed by atoms with Gasteiger partial charge in [-0.25, -0.2) is 0 Å². The van der Waals surface area contributed by atoms with Crippen molar-refractivity contribution < 1.29 is 0 Å². The first kappa shape index (κ1) is 15.3. The van der Waals surface area contributed by atoms with Gasteiger partial charge in [0.05, 0.1) is 0 Å². The highest BCUT2D eigenvalue weighted by Gasteiger charge is 2.53. The van der Waals surface area contributed by atoms with Crippen LogP contribution in [0.2, 0.25) is 0 Å². The largest absolute Gasteiger partial charge is 0.0622 e. The number of benzene rings is 1. The first-order valence-electron chi connectivity index (χ1n) is 7.10. The standard InChI is InChI=1S/C18H30/c1-14(2)18(16(3,4)5,17(6,7)8)15-12-10-9-11-13-15/h9-14H,1-8H3. The van der Waals surface area contributed by atoms with Gasteiger partial charge in [0.25, 0.3) is 0 Å². The molecule has 0 spiro atoms. The molecule has 1 aromatic rings. The van der Waals surface area contributed by atoms with E-state index in [1.807, 2.05) is 0 Å². The van der Waals surface area contributed by atoms with Crippen LogP contribution in [0.15, 0.2) is 30.3 Å². The molecule has 1 aromatic carbocycles. The third kappa shape index (κ3) is 2.22. The smallest absolute Gasteiger partial charge is 0.00728 e. The van der Waals surface area contributed by atoms with Crippen LogP contribution >= 0.6 is 0 Å². The Hall–Kier alpha value is -0.780. The van der Waals surface area contributed by atoms with E-state index in [-0.39, 0.29) is 16.2 Å². The van der Waals surface area contributed by atoms with E-state index < -0.39 is 0 Å². The third-order valence-electron chi connectivity index (χ3n) is 4.46. The van der Waals surface area contributed by atoms with Crippen LogP contribution in [-0.4, -0.2) is 0 Å². The molecule has 0 saturated carbocycles. The normalized spacial score (nSPS) is 14.1. The van der Waals surface area contributed by atoms with Gasteiger partial charge in [0.2, 0.25) is 0 Å². The zero-order chi connectivity index (χ0) is 14.2. The minimum atomic E-state index is 0.168. The van der Waals surface area contributed by atoms with E-state index in [1.54, 1.807) is 0 Å². The second kappa shape index (κ2) is 4.72. The van der Waals surface area contributed by atoms with Crippen molar-refractivity contribution >= 4 is 0 Å². The number of hydrogen-bond acceptors (Lipinski definition) is 0. The first-order chi connectivity index (χ1) is 8.05. The van der Waals surface area contributed by atoms with Gasteiger partial charge >= 0.3 is 0 Å². The van der Waals surface area contributed by atoms with Gasteiger partial charge < -0.3 is 0 Å². The molecule has 18 heavy (non-hydrogen) atoms. The quantitative estimate of drug-likeness (QED) is 0.630. The molecule has 0 unspecified atom stereocenters. The molecule has 0 amide bonds. The maximum Gasteiger partial charge on any atom is 0.00728 e. The Morgan fingerprint density at radius 1 is 0.722 bits per heavy atom. The highest BCUT2D eigenvalue weighted by molar-refractivity contribution is 5.31. The van der Waals surface area contributed by atoms with Crippen LogP contribution in [-0.2, 0) is 5.41 Å². The van der Waals surface area contributed by atoms with Gasteiger partial charge in [-0.05, 0) is 22.3 Å². The van der Waals surface area contributed by atoms with Gasteiger partial charge in [-0.15, -0.1) is 0 Å². The average Bonchev–Trinajstić information content (AvgIpc) is 2.14. The molecule has 0 saturated heterocycles. The molecule has 0 fully saturated rings. The van der Waals surface area contributed by atoms with E-state index >= 15 is 0 Å². The highest BCUT2D eigenvalue weighted by Crippen LogP contribution is 2.57.